The molecule has 0 saturated heterocycles. The number of aromatic nitrogens is 4. The van der Waals surface area contributed by atoms with Gasteiger partial charge in [0.05, 0.1) is 18.3 Å². The number of fused-ring (bicyclic) bond motifs is 1. The van der Waals surface area contributed by atoms with Gasteiger partial charge >= 0.3 is 0 Å². The number of benzene rings is 1. The molecule has 2 heterocycles. The highest BCUT2D eigenvalue weighted by atomic mass is 35.5. The number of rotatable bonds is 3. The van der Waals surface area contributed by atoms with E-state index in [0.717, 1.165) is 16.7 Å². The van der Waals surface area contributed by atoms with Gasteiger partial charge in [-0.25, -0.2) is 15.0 Å². The number of hydrogen-bond donors (Lipinski definition) is 0. The summed E-state index contributed by atoms with van der Waals surface area (Å²) in [4.78, 5) is 16.9. The van der Waals surface area contributed by atoms with E-state index < -0.39 is 0 Å². The van der Waals surface area contributed by atoms with Gasteiger partial charge in [0.2, 0.25) is 0 Å². The maximum absolute atomic E-state index is 6.23. The van der Waals surface area contributed by atoms with Crippen LogP contribution in [0.3, 0.4) is 0 Å². The highest BCUT2D eigenvalue weighted by molar-refractivity contribution is 6.34. The van der Waals surface area contributed by atoms with Gasteiger partial charge < -0.3 is 4.74 Å². The molecule has 0 unspecified atom stereocenters. The molecule has 20 heavy (non-hydrogen) atoms. The standard InChI is InChI=1S/C14H11ClN4O/c1-2-20-9-3-4-11-10(7-9)13(15)19-14(18-11)12-8-16-5-6-17-12/h3-8H,2H2,1H3. The molecular weight excluding hydrogens is 276 g/mol. The Balaban J connectivity index is 2.13. The van der Waals surface area contributed by atoms with Crippen LogP contribution < -0.4 is 4.74 Å². The first-order valence-electron chi connectivity index (χ1n) is 6.14. The van der Waals surface area contributed by atoms with Crippen LogP contribution in [0.2, 0.25) is 5.15 Å². The van der Waals surface area contributed by atoms with Crippen molar-refractivity contribution >= 4 is 22.5 Å². The summed E-state index contributed by atoms with van der Waals surface area (Å²) in [7, 11) is 0. The first-order valence-corrected chi connectivity index (χ1v) is 6.52. The maximum atomic E-state index is 6.23. The highest BCUT2D eigenvalue weighted by Gasteiger charge is 2.10. The molecule has 0 spiro atoms. The largest absolute Gasteiger partial charge is 0.494 e. The number of ether oxygens (including phenoxy) is 1. The molecule has 0 aliphatic heterocycles. The van der Waals surface area contributed by atoms with Crippen LogP contribution in [-0.4, -0.2) is 26.5 Å². The minimum atomic E-state index is 0.372. The Morgan fingerprint density at radius 3 is 2.85 bits per heavy atom. The predicted octanol–water partition coefficient (Wildman–Crippen LogP) is 3.14. The van der Waals surface area contributed by atoms with E-state index in [4.69, 9.17) is 16.3 Å². The average Bonchev–Trinajstić information content (AvgIpc) is 2.49. The van der Waals surface area contributed by atoms with Crippen LogP contribution in [-0.2, 0) is 0 Å². The molecule has 1 aromatic carbocycles. The van der Waals surface area contributed by atoms with Crippen LogP contribution in [0.4, 0.5) is 0 Å². The zero-order chi connectivity index (χ0) is 13.9. The molecule has 3 aromatic rings. The van der Waals surface area contributed by atoms with Crippen molar-refractivity contribution in [2.75, 3.05) is 6.61 Å². The van der Waals surface area contributed by atoms with Crippen LogP contribution in [0, 0.1) is 0 Å². The predicted molar refractivity (Wildman–Crippen MR) is 76.7 cm³/mol. The molecule has 0 bridgehead atoms. The molecule has 0 saturated carbocycles. The first-order chi connectivity index (χ1) is 9.78. The number of nitrogens with zero attached hydrogens (tertiary/aromatic N) is 4. The van der Waals surface area contributed by atoms with Crippen LogP contribution in [0.25, 0.3) is 22.4 Å². The summed E-state index contributed by atoms with van der Waals surface area (Å²) in [6.07, 6.45) is 4.79. The maximum Gasteiger partial charge on any atom is 0.181 e. The minimum Gasteiger partial charge on any atom is -0.494 e. The van der Waals surface area contributed by atoms with E-state index >= 15 is 0 Å². The Morgan fingerprint density at radius 1 is 1.20 bits per heavy atom. The van der Waals surface area contributed by atoms with Gasteiger partial charge in [-0.3, -0.25) is 4.98 Å². The van der Waals surface area contributed by atoms with Gasteiger partial charge in [0.15, 0.2) is 5.82 Å². The third-order valence-electron chi connectivity index (χ3n) is 2.72. The Morgan fingerprint density at radius 2 is 2.10 bits per heavy atom. The molecule has 5 nitrogen and oxygen atoms in total. The van der Waals surface area contributed by atoms with Gasteiger partial charge in [0, 0.05) is 17.8 Å². The SMILES string of the molecule is CCOc1ccc2nc(-c3cnccn3)nc(Cl)c2c1. The van der Waals surface area contributed by atoms with Crippen molar-refractivity contribution in [1.29, 1.82) is 0 Å². The van der Waals surface area contributed by atoms with Gasteiger partial charge in [0.25, 0.3) is 0 Å². The van der Waals surface area contributed by atoms with Crippen LogP contribution in [0.5, 0.6) is 5.75 Å². The fourth-order valence-electron chi connectivity index (χ4n) is 1.86. The van der Waals surface area contributed by atoms with Crippen molar-refractivity contribution in [2.24, 2.45) is 0 Å². The summed E-state index contributed by atoms with van der Waals surface area (Å²) in [5, 5.41) is 1.13. The smallest absolute Gasteiger partial charge is 0.181 e. The highest BCUT2D eigenvalue weighted by Crippen LogP contribution is 2.27. The zero-order valence-corrected chi connectivity index (χ0v) is 11.5. The van der Waals surface area contributed by atoms with Gasteiger partial charge in [-0.2, -0.15) is 0 Å². The Labute approximate surface area is 120 Å². The second kappa shape index (κ2) is 5.38. The normalized spacial score (nSPS) is 10.7. The van der Waals surface area contributed by atoms with Crippen molar-refractivity contribution in [2.45, 2.75) is 6.92 Å². The van der Waals surface area contributed by atoms with Crippen molar-refractivity contribution in [1.82, 2.24) is 19.9 Å². The Bertz CT molecular complexity index is 749. The summed E-state index contributed by atoms with van der Waals surface area (Å²) in [5.74, 6) is 1.21. The minimum absolute atomic E-state index is 0.372. The fraction of sp³-hybridized carbons (Fsp3) is 0.143. The molecule has 100 valence electrons. The molecule has 0 atom stereocenters. The van der Waals surface area contributed by atoms with Gasteiger partial charge in [-0.05, 0) is 25.1 Å². The molecule has 0 aliphatic rings. The van der Waals surface area contributed by atoms with Crippen molar-refractivity contribution in [3.63, 3.8) is 0 Å². The van der Waals surface area contributed by atoms with Gasteiger partial charge in [-0.15, -0.1) is 0 Å². The van der Waals surface area contributed by atoms with Gasteiger partial charge in [-0.1, -0.05) is 11.6 Å². The third-order valence-corrected chi connectivity index (χ3v) is 3.01. The molecule has 0 aliphatic carbocycles. The molecular formula is C14H11ClN4O. The van der Waals surface area contributed by atoms with E-state index in [1.165, 1.54) is 0 Å². The van der Waals surface area contributed by atoms with Crippen LogP contribution in [0.15, 0.2) is 36.8 Å². The topological polar surface area (TPSA) is 60.8 Å². The zero-order valence-electron chi connectivity index (χ0n) is 10.7. The fourth-order valence-corrected chi connectivity index (χ4v) is 2.09. The summed E-state index contributed by atoms with van der Waals surface area (Å²) in [6, 6.07) is 5.55. The monoisotopic (exact) mass is 286 g/mol. The summed E-state index contributed by atoms with van der Waals surface area (Å²) in [5.41, 5.74) is 1.33. The first kappa shape index (κ1) is 12.7. The lowest BCUT2D eigenvalue weighted by Gasteiger charge is -2.06. The average molecular weight is 287 g/mol. The summed E-state index contributed by atoms with van der Waals surface area (Å²) >= 11 is 6.23. The lowest BCUT2D eigenvalue weighted by atomic mass is 10.2. The van der Waals surface area contributed by atoms with Gasteiger partial charge in [0.1, 0.15) is 16.6 Å². The lowest BCUT2D eigenvalue weighted by molar-refractivity contribution is 0.340. The van der Waals surface area contributed by atoms with Crippen molar-refractivity contribution < 1.29 is 4.74 Å². The van der Waals surface area contributed by atoms with E-state index in [1.54, 1.807) is 18.6 Å². The quantitative estimate of drug-likeness (QED) is 0.692. The summed E-state index contributed by atoms with van der Waals surface area (Å²) in [6.45, 7) is 2.53. The number of hydrogen-bond acceptors (Lipinski definition) is 5. The summed E-state index contributed by atoms with van der Waals surface area (Å²) < 4.78 is 5.45. The van der Waals surface area contributed by atoms with Crippen molar-refractivity contribution in [3.05, 3.63) is 41.9 Å². The third kappa shape index (κ3) is 2.40. The second-order valence-corrected chi connectivity index (χ2v) is 4.40. The van der Waals surface area contributed by atoms with E-state index in [2.05, 4.69) is 19.9 Å². The molecule has 2 aromatic heterocycles. The van der Waals surface area contributed by atoms with E-state index in [-0.39, 0.29) is 0 Å². The molecule has 0 N–H and O–H groups in total. The Hall–Kier alpha value is -2.27. The van der Waals surface area contributed by atoms with Crippen molar-refractivity contribution in [3.8, 4) is 17.3 Å². The second-order valence-electron chi connectivity index (χ2n) is 4.04. The van der Waals surface area contributed by atoms with E-state index in [9.17, 15) is 0 Å². The molecule has 0 amide bonds. The lowest BCUT2D eigenvalue weighted by Crippen LogP contribution is -1.96. The molecule has 6 heteroatoms. The Kier molecular flexibility index (Phi) is 3.43. The van der Waals surface area contributed by atoms with E-state index in [0.29, 0.717) is 23.3 Å². The van der Waals surface area contributed by atoms with E-state index in [1.807, 2.05) is 25.1 Å². The van der Waals surface area contributed by atoms with Crippen LogP contribution >= 0.6 is 11.6 Å². The number of halogens is 1. The molecule has 3 rings (SSSR count). The molecule has 0 radical (unpaired) electrons. The van der Waals surface area contributed by atoms with Crippen LogP contribution in [0.1, 0.15) is 6.92 Å². The molecule has 0 fully saturated rings.